The van der Waals surface area contributed by atoms with Gasteiger partial charge < -0.3 is 10.6 Å². The standard InChI is InChI=1S/C13H28N2/c1-4-13(3,10-14)11-15(5-2)12-8-6-7-9-12/h12H,4-11,14H2,1-3H3. The van der Waals surface area contributed by atoms with Crippen LogP contribution in [-0.4, -0.2) is 30.6 Å². The number of nitrogens with zero attached hydrogens (tertiary/aromatic N) is 1. The summed E-state index contributed by atoms with van der Waals surface area (Å²) in [7, 11) is 0. The Bertz CT molecular complexity index is 169. The van der Waals surface area contributed by atoms with Gasteiger partial charge >= 0.3 is 0 Å². The van der Waals surface area contributed by atoms with Crippen LogP contribution in [0.1, 0.15) is 52.9 Å². The fourth-order valence-corrected chi connectivity index (χ4v) is 2.58. The molecule has 0 aromatic rings. The fourth-order valence-electron chi connectivity index (χ4n) is 2.58. The van der Waals surface area contributed by atoms with Crippen LogP contribution in [0.5, 0.6) is 0 Å². The average Bonchev–Trinajstić information content (AvgIpc) is 2.79. The lowest BCUT2D eigenvalue weighted by Crippen LogP contribution is -2.44. The van der Waals surface area contributed by atoms with E-state index in [1.165, 1.54) is 45.2 Å². The van der Waals surface area contributed by atoms with Crippen molar-refractivity contribution in [3.05, 3.63) is 0 Å². The summed E-state index contributed by atoms with van der Waals surface area (Å²) in [5.74, 6) is 0. The molecule has 0 aliphatic heterocycles. The van der Waals surface area contributed by atoms with Crippen LogP contribution in [0, 0.1) is 5.41 Å². The van der Waals surface area contributed by atoms with E-state index in [-0.39, 0.29) is 0 Å². The summed E-state index contributed by atoms with van der Waals surface area (Å²) in [5.41, 5.74) is 6.21. The van der Waals surface area contributed by atoms with Crippen molar-refractivity contribution in [3.63, 3.8) is 0 Å². The van der Waals surface area contributed by atoms with Crippen LogP contribution < -0.4 is 5.73 Å². The summed E-state index contributed by atoms with van der Waals surface area (Å²) < 4.78 is 0. The molecule has 1 aliphatic rings. The number of hydrogen-bond donors (Lipinski definition) is 1. The zero-order valence-electron chi connectivity index (χ0n) is 10.8. The molecule has 1 unspecified atom stereocenters. The van der Waals surface area contributed by atoms with Crippen molar-refractivity contribution in [2.75, 3.05) is 19.6 Å². The van der Waals surface area contributed by atoms with E-state index >= 15 is 0 Å². The summed E-state index contributed by atoms with van der Waals surface area (Å²) >= 11 is 0. The van der Waals surface area contributed by atoms with E-state index in [4.69, 9.17) is 5.73 Å². The molecule has 90 valence electrons. The van der Waals surface area contributed by atoms with Crippen LogP contribution in [0.2, 0.25) is 0 Å². The molecule has 15 heavy (non-hydrogen) atoms. The van der Waals surface area contributed by atoms with Crippen LogP contribution in [0.4, 0.5) is 0 Å². The smallest absolute Gasteiger partial charge is 0.00953 e. The van der Waals surface area contributed by atoms with Gasteiger partial charge in [0.2, 0.25) is 0 Å². The maximum Gasteiger partial charge on any atom is 0.00953 e. The summed E-state index contributed by atoms with van der Waals surface area (Å²) in [6.07, 6.45) is 6.84. The van der Waals surface area contributed by atoms with Crippen molar-refractivity contribution < 1.29 is 0 Å². The van der Waals surface area contributed by atoms with Crippen LogP contribution in [-0.2, 0) is 0 Å². The molecule has 0 aromatic carbocycles. The van der Waals surface area contributed by atoms with E-state index in [1.807, 2.05) is 0 Å². The molecule has 0 bridgehead atoms. The number of nitrogens with two attached hydrogens (primary N) is 1. The van der Waals surface area contributed by atoms with E-state index in [0.29, 0.717) is 5.41 Å². The minimum Gasteiger partial charge on any atom is -0.330 e. The molecule has 0 amide bonds. The van der Waals surface area contributed by atoms with Gasteiger partial charge in [-0.05, 0) is 37.8 Å². The van der Waals surface area contributed by atoms with Gasteiger partial charge in [0.15, 0.2) is 0 Å². The first-order valence-electron chi connectivity index (χ1n) is 6.59. The predicted molar refractivity (Wildman–Crippen MR) is 67.0 cm³/mol. The summed E-state index contributed by atoms with van der Waals surface area (Å²) in [6, 6.07) is 0.840. The maximum atomic E-state index is 5.89. The lowest BCUT2D eigenvalue weighted by Gasteiger charge is -2.36. The van der Waals surface area contributed by atoms with Gasteiger partial charge in [-0.25, -0.2) is 0 Å². The normalized spacial score (nSPS) is 22.2. The fraction of sp³-hybridized carbons (Fsp3) is 1.00. The minimum absolute atomic E-state index is 0.318. The molecule has 1 rings (SSSR count). The van der Waals surface area contributed by atoms with E-state index in [9.17, 15) is 0 Å². The van der Waals surface area contributed by atoms with Crippen LogP contribution in [0.3, 0.4) is 0 Å². The lowest BCUT2D eigenvalue weighted by atomic mass is 9.86. The summed E-state index contributed by atoms with van der Waals surface area (Å²) in [6.45, 7) is 10.0. The molecule has 0 heterocycles. The van der Waals surface area contributed by atoms with E-state index in [0.717, 1.165) is 12.6 Å². The third kappa shape index (κ3) is 3.46. The number of hydrogen-bond acceptors (Lipinski definition) is 2. The molecular formula is C13H28N2. The van der Waals surface area contributed by atoms with E-state index in [2.05, 4.69) is 25.7 Å². The SMILES string of the molecule is CCN(CC(C)(CC)CN)C1CCCC1. The van der Waals surface area contributed by atoms with Gasteiger partial charge in [0, 0.05) is 12.6 Å². The highest BCUT2D eigenvalue weighted by Gasteiger charge is 2.28. The quantitative estimate of drug-likeness (QED) is 0.733. The Kier molecular flexibility index (Phi) is 5.07. The first-order valence-corrected chi connectivity index (χ1v) is 6.59. The van der Waals surface area contributed by atoms with Crippen LogP contribution in [0.25, 0.3) is 0 Å². The van der Waals surface area contributed by atoms with Crippen LogP contribution >= 0.6 is 0 Å². The second-order valence-corrected chi connectivity index (χ2v) is 5.37. The Hall–Kier alpha value is -0.0800. The Labute approximate surface area is 95.2 Å². The van der Waals surface area contributed by atoms with Gasteiger partial charge in [-0.1, -0.05) is 33.6 Å². The third-order valence-corrected chi connectivity index (χ3v) is 4.18. The van der Waals surface area contributed by atoms with Crippen molar-refractivity contribution >= 4 is 0 Å². The predicted octanol–water partition coefficient (Wildman–Crippen LogP) is 2.63. The Balaban J connectivity index is 2.51. The number of rotatable bonds is 6. The van der Waals surface area contributed by atoms with Gasteiger partial charge in [0.1, 0.15) is 0 Å². The first kappa shape index (κ1) is 13.0. The lowest BCUT2D eigenvalue weighted by molar-refractivity contribution is 0.127. The Morgan fingerprint density at radius 1 is 1.27 bits per heavy atom. The van der Waals surface area contributed by atoms with Gasteiger partial charge in [-0.2, -0.15) is 0 Å². The van der Waals surface area contributed by atoms with Crippen molar-refractivity contribution in [2.45, 2.75) is 58.9 Å². The molecule has 0 aromatic heterocycles. The molecule has 0 radical (unpaired) electrons. The van der Waals surface area contributed by atoms with Crippen LogP contribution in [0.15, 0.2) is 0 Å². The van der Waals surface area contributed by atoms with Crippen molar-refractivity contribution in [1.29, 1.82) is 0 Å². The zero-order chi connectivity index (χ0) is 11.3. The zero-order valence-corrected chi connectivity index (χ0v) is 10.8. The molecule has 1 fully saturated rings. The Morgan fingerprint density at radius 3 is 2.27 bits per heavy atom. The second-order valence-electron chi connectivity index (χ2n) is 5.37. The highest BCUT2D eigenvalue weighted by molar-refractivity contribution is 4.83. The largest absolute Gasteiger partial charge is 0.330 e. The van der Waals surface area contributed by atoms with Gasteiger partial charge in [0.05, 0.1) is 0 Å². The molecule has 1 atom stereocenters. The summed E-state index contributed by atoms with van der Waals surface area (Å²) in [4.78, 5) is 2.66. The molecule has 2 N–H and O–H groups in total. The first-order chi connectivity index (χ1) is 7.15. The van der Waals surface area contributed by atoms with Crippen molar-refractivity contribution in [1.82, 2.24) is 4.90 Å². The van der Waals surface area contributed by atoms with E-state index < -0.39 is 0 Å². The molecule has 2 heteroatoms. The van der Waals surface area contributed by atoms with Gasteiger partial charge in [0.25, 0.3) is 0 Å². The van der Waals surface area contributed by atoms with Crippen molar-refractivity contribution in [3.8, 4) is 0 Å². The highest BCUT2D eigenvalue weighted by atomic mass is 15.2. The topological polar surface area (TPSA) is 29.3 Å². The molecule has 0 saturated heterocycles. The minimum atomic E-state index is 0.318. The van der Waals surface area contributed by atoms with E-state index in [1.54, 1.807) is 0 Å². The molecule has 1 saturated carbocycles. The summed E-state index contributed by atoms with van der Waals surface area (Å²) in [5, 5.41) is 0. The van der Waals surface area contributed by atoms with Gasteiger partial charge in [-0.3, -0.25) is 0 Å². The Morgan fingerprint density at radius 2 is 1.87 bits per heavy atom. The second kappa shape index (κ2) is 5.86. The average molecular weight is 212 g/mol. The molecule has 1 aliphatic carbocycles. The van der Waals surface area contributed by atoms with Gasteiger partial charge in [-0.15, -0.1) is 0 Å². The molecular weight excluding hydrogens is 184 g/mol. The monoisotopic (exact) mass is 212 g/mol. The van der Waals surface area contributed by atoms with Crippen molar-refractivity contribution in [2.24, 2.45) is 11.1 Å². The maximum absolute atomic E-state index is 5.89. The molecule has 2 nitrogen and oxygen atoms in total. The molecule has 0 spiro atoms. The highest BCUT2D eigenvalue weighted by Crippen LogP contribution is 2.28. The third-order valence-electron chi connectivity index (χ3n) is 4.18.